The van der Waals surface area contributed by atoms with Gasteiger partial charge < -0.3 is 10.2 Å². The summed E-state index contributed by atoms with van der Waals surface area (Å²) >= 11 is 0. The summed E-state index contributed by atoms with van der Waals surface area (Å²) in [6.07, 6.45) is 1.85. The number of hydrogen-bond acceptors (Lipinski definition) is 4. The maximum atomic E-state index is 13.4. The lowest BCUT2D eigenvalue weighted by Crippen LogP contribution is -2.44. The van der Waals surface area contributed by atoms with Gasteiger partial charge in [0.05, 0.1) is 16.6 Å². The standard InChI is InChI=1S/C24H28F2N4/c1-13-16(4)30(24(6)10-11-24)12-20-21(13)28-17(5)29-23(20)27-15(3)18-8-7-9-19(14(18)2)22(25)26/h7-9,12,15,22H,4,10-11H2,1-3,5-6H3,(H,27,28,29)/t15-/m1/s1. The Labute approximate surface area is 176 Å². The number of allylic oxidation sites excluding steroid dienone is 1. The lowest BCUT2D eigenvalue weighted by Gasteiger charge is -2.33. The second-order valence-electron chi connectivity index (χ2n) is 8.68. The molecule has 0 amide bonds. The second kappa shape index (κ2) is 7.18. The number of halogens is 2. The van der Waals surface area contributed by atoms with Gasteiger partial charge in [-0.25, -0.2) is 18.7 Å². The number of nitrogens with zero attached hydrogens (tertiary/aromatic N) is 3. The molecule has 1 N–H and O–H groups in total. The quantitative estimate of drug-likeness (QED) is 0.788. The van der Waals surface area contributed by atoms with Gasteiger partial charge in [0, 0.05) is 23.0 Å². The van der Waals surface area contributed by atoms with Crippen LogP contribution in [-0.2, 0) is 0 Å². The zero-order valence-electron chi connectivity index (χ0n) is 18.2. The Morgan fingerprint density at radius 2 is 1.80 bits per heavy atom. The summed E-state index contributed by atoms with van der Waals surface area (Å²) in [6.45, 7) is 14.2. The van der Waals surface area contributed by atoms with Crippen molar-refractivity contribution in [1.29, 1.82) is 0 Å². The summed E-state index contributed by atoms with van der Waals surface area (Å²) < 4.78 is 26.7. The minimum atomic E-state index is -2.49. The summed E-state index contributed by atoms with van der Waals surface area (Å²) in [5.41, 5.74) is 3.62. The normalized spacial score (nSPS) is 18.2. The van der Waals surface area contributed by atoms with Crippen molar-refractivity contribution < 1.29 is 8.78 Å². The predicted molar refractivity (Wildman–Crippen MR) is 116 cm³/mol. The molecule has 2 aliphatic rings. The van der Waals surface area contributed by atoms with E-state index in [9.17, 15) is 8.78 Å². The molecule has 0 unspecified atom stereocenters. The summed E-state index contributed by atoms with van der Waals surface area (Å²) in [7, 11) is 0. The van der Waals surface area contributed by atoms with Gasteiger partial charge >= 0.3 is 0 Å². The zero-order valence-corrected chi connectivity index (χ0v) is 18.2. The third-order valence-corrected chi connectivity index (χ3v) is 6.42. The SMILES string of the molecule is C=C1C(C)=c2nc(C)nc(N[C@H](C)c3cccc(C(F)F)c3C)c2=CN1C1(C)CC1. The van der Waals surface area contributed by atoms with Gasteiger partial charge in [0.15, 0.2) is 0 Å². The monoisotopic (exact) mass is 410 g/mol. The highest BCUT2D eigenvalue weighted by molar-refractivity contribution is 5.67. The van der Waals surface area contributed by atoms with Crippen molar-refractivity contribution in [2.45, 2.75) is 65.5 Å². The molecule has 1 fully saturated rings. The Balaban J connectivity index is 1.80. The Morgan fingerprint density at radius 1 is 1.13 bits per heavy atom. The molecule has 0 bridgehead atoms. The smallest absolute Gasteiger partial charge is 0.264 e. The lowest BCUT2D eigenvalue weighted by atomic mass is 9.97. The summed E-state index contributed by atoms with van der Waals surface area (Å²) in [5.74, 6) is 1.38. The number of benzene rings is 1. The van der Waals surface area contributed by atoms with Gasteiger partial charge in [0.2, 0.25) is 0 Å². The van der Waals surface area contributed by atoms with Gasteiger partial charge in [0.1, 0.15) is 11.6 Å². The molecule has 1 aromatic heterocycles. The molecule has 0 saturated heterocycles. The van der Waals surface area contributed by atoms with Crippen LogP contribution in [0.15, 0.2) is 30.5 Å². The van der Waals surface area contributed by atoms with E-state index in [1.54, 1.807) is 13.0 Å². The Kier molecular flexibility index (Phi) is 4.91. The van der Waals surface area contributed by atoms with E-state index in [4.69, 9.17) is 0 Å². The van der Waals surface area contributed by atoms with Crippen LogP contribution in [-0.4, -0.2) is 20.4 Å². The summed E-state index contributed by atoms with van der Waals surface area (Å²) in [4.78, 5) is 11.6. The van der Waals surface area contributed by atoms with Gasteiger partial charge in [-0.05, 0) is 64.2 Å². The largest absolute Gasteiger partial charge is 0.363 e. The number of alkyl halides is 2. The fraction of sp³-hybridized carbons (Fsp3) is 0.417. The van der Waals surface area contributed by atoms with Crippen LogP contribution >= 0.6 is 0 Å². The fourth-order valence-corrected chi connectivity index (χ4v) is 4.19. The van der Waals surface area contributed by atoms with Gasteiger partial charge in [-0.3, -0.25) is 0 Å². The Morgan fingerprint density at radius 3 is 2.43 bits per heavy atom. The molecular weight excluding hydrogens is 382 g/mol. The first-order chi connectivity index (χ1) is 14.1. The molecule has 1 aliphatic heterocycles. The molecule has 4 rings (SSSR count). The van der Waals surface area contributed by atoms with E-state index in [0.717, 1.165) is 40.2 Å². The molecule has 2 aromatic rings. The van der Waals surface area contributed by atoms with Crippen molar-refractivity contribution in [3.63, 3.8) is 0 Å². The Bertz CT molecular complexity index is 1150. The molecule has 30 heavy (non-hydrogen) atoms. The molecule has 0 spiro atoms. The molecular formula is C24H28F2N4. The molecule has 158 valence electrons. The number of aryl methyl sites for hydroxylation is 1. The maximum absolute atomic E-state index is 13.4. The topological polar surface area (TPSA) is 41.1 Å². The van der Waals surface area contributed by atoms with E-state index >= 15 is 0 Å². The lowest BCUT2D eigenvalue weighted by molar-refractivity contribution is 0.150. The minimum absolute atomic E-state index is 0.0712. The van der Waals surface area contributed by atoms with Crippen molar-refractivity contribution in [3.05, 3.63) is 63.6 Å². The first kappa shape index (κ1) is 20.5. The highest BCUT2D eigenvalue weighted by Gasteiger charge is 2.44. The molecule has 1 aromatic carbocycles. The zero-order chi connectivity index (χ0) is 21.8. The van der Waals surface area contributed by atoms with Gasteiger partial charge in [0.25, 0.3) is 6.43 Å². The number of nitrogens with one attached hydrogen (secondary N) is 1. The average Bonchev–Trinajstić information content (AvgIpc) is 3.43. The van der Waals surface area contributed by atoms with Gasteiger partial charge in [-0.15, -0.1) is 0 Å². The summed E-state index contributed by atoms with van der Waals surface area (Å²) in [6, 6.07) is 4.87. The predicted octanol–water partition coefficient (Wildman–Crippen LogP) is 4.49. The summed E-state index contributed by atoms with van der Waals surface area (Å²) in [5, 5.41) is 5.26. The number of fused-ring (bicyclic) bond motifs is 1. The van der Waals surface area contributed by atoms with E-state index in [1.807, 2.05) is 26.8 Å². The first-order valence-corrected chi connectivity index (χ1v) is 10.3. The van der Waals surface area contributed by atoms with Crippen molar-refractivity contribution >= 4 is 17.6 Å². The van der Waals surface area contributed by atoms with Crippen molar-refractivity contribution in [3.8, 4) is 0 Å². The molecule has 1 saturated carbocycles. The van der Waals surface area contributed by atoms with Crippen molar-refractivity contribution in [1.82, 2.24) is 14.9 Å². The fourth-order valence-electron chi connectivity index (χ4n) is 4.19. The van der Waals surface area contributed by atoms with E-state index in [-0.39, 0.29) is 17.1 Å². The number of rotatable bonds is 5. The van der Waals surface area contributed by atoms with Crippen LogP contribution in [0.2, 0.25) is 0 Å². The van der Waals surface area contributed by atoms with Crippen molar-refractivity contribution in [2.24, 2.45) is 0 Å². The van der Waals surface area contributed by atoms with Crippen LogP contribution in [0.4, 0.5) is 14.6 Å². The highest BCUT2D eigenvalue weighted by Crippen LogP contribution is 2.44. The average molecular weight is 411 g/mol. The Hall–Kier alpha value is -2.76. The molecule has 6 heteroatoms. The number of hydrogen-bond donors (Lipinski definition) is 1. The number of anilines is 1. The third kappa shape index (κ3) is 3.38. The molecule has 2 heterocycles. The van der Waals surface area contributed by atoms with Crippen LogP contribution in [0.1, 0.15) is 68.6 Å². The van der Waals surface area contributed by atoms with Crippen LogP contribution in [0.3, 0.4) is 0 Å². The van der Waals surface area contributed by atoms with E-state index < -0.39 is 6.43 Å². The first-order valence-electron chi connectivity index (χ1n) is 10.3. The van der Waals surface area contributed by atoms with E-state index in [1.165, 1.54) is 6.07 Å². The van der Waals surface area contributed by atoms with Crippen LogP contribution in [0, 0.1) is 13.8 Å². The third-order valence-electron chi connectivity index (χ3n) is 6.42. The minimum Gasteiger partial charge on any atom is -0.363 e. The maximum Gasteiger partial charge on any atom is 0.264 e. The van der Waals surface area contributed by atoms with E-state index in [0.29, 0.717) is 17.2 Å². The molecule has 1 atom stereocenters. The molecule has 1 aliphatic carbocycles. The molecule has 0 radical (unpaired) electrons. The molecule has 4 nitrogen and oxygen atoms in total. The van der Waals surface area contributed by atoms with Crippen LogP contribution in [0.5, 0.6) is 0 Å². The van der Waals surface area contributed by atoms with Crippen LogP contribution in [0.25, 0.3) is 11.8 Å². The van der Waals surface area contributed by atoms with Crippen molar-refractivity contribution in [2.75, 3.05) is 5.32 Å². The van der Waals surface area contributed by atoms with Gasteiger partial charge in [-0.1, -0.05) is 24.8 Å². The van der Waals surface area contributed by atoms with E-state index in [2.05, 4.69) is 39.9 Å². The van der Waals surface area contributed by atoms with Crippen LogP contribution < -0.4 is 15.9 Å². The second-order valence-corrected chi connectivity index (χ2v) is 8.68. The highest BCUT2D eigenvalue weighted by atomic mass is 19.3. The number of aromatic nitrogens is 2. The van der Waals surface area contributed by atoms with Gasteiger partial charge in [-0.2, -0.15) is 0 Å².